The Kier molecular flexibility index (Phi) is 4.43. The number of carbonyl (C=O) groups is 1. The van der Waals surface area contributed by atoms with Gasteiger partial charge in [-0.1, -0.05) is 27.5 Å². The fourth-order valence-corrected chi connectivity index (χ4v) is 1.74. The summed E-state index contributed by atoms with van der Waals surface area (Å²) in [5, 5.41) is 0.170. The fourth-order valence-electron chi connectivity index (χ4n) is 1.20. The Bertz CT molecular complexity index is 436. The molecule has 2 nitrogen and oxygen atoms in total. The highest BCUT2D eigenvalue weighted by molar-refractivity contribution is 9.10. The molecular formula is C10H8BrClF3NO. The number of benzene rings is 1. The molecule has 94 valence electrons. The van der Waals surface area contributed by atoms with Crippen LogP contribution in [0.25, 0.3) is 0 Å². The summed E-state index contributed by atoms with van der Waals surface area (Å²) in [5.41, 5.74) is 4.43. The zero-order chi connectivity index (χ0) is 13.2. The van der Waals surface area contributed by atoms with E-state index in [0.717, 1.165) is 18.2 Å². The van der Waals surface area contributed by atoms with Gasteiger partial charge in [-0.15, -0.1) is 0 Å². The van der Waals surface area contributed by atoms with Crippen molar-refractivity contribution in [1.29, 1.82) is 0 Å². The highest BCUT2D eigenvalue weighted by Gasteiger charge is 2.31. The molecule has 17 heavy (non-hydrogen) atoms. The van der Waals surface area contributed by atoms with Gasteiger partial charge in [0.15, 0.2) is 0 Å². The number of primary amides is 1. The summed E-state index contributed by atoms with van der Waals surface area (Å²) in [7, 11) is 0. The van der Waals surface area contributed by atoms with Gasteiger partial charge >= 0.3 is 6.18 Å². The van der Waals surface area contributed by atoms with Gasteiger partial charge in [-0.25, -0.2) is 0 Å². The minimum absolute atomic E-state index is 0.0120. The van der Waals surface area contributed by atoms with Gasteiger partial charge in [-0.3, -0.25) is 4.79 Å². The van der Waals surface area contributed by atoms with Crippen LogP contribution in [0.15, 0.2) is 18.2 Å². The number of rotatable bonds is 3. The molecule has 0 spiro atoms. The topological polar surface area (TPSA) is 43.1 Å². The zero-order valence-corrected chi connectivity index (χ0v) is 10.7. The largest absolute Gasteiger partial charge is 0.416 e. The molecule has 0 saturated heterocycles. The van der Waals surface area contributed by atoms with Gasteiger partial charge in [0.05, 0.1) is 10.4 Å². The molecule has 1 aromatic rings. The summed E-state index contributed by atoms with van der Waals surface area (Å²) in [6.07, 6.45) is -4.42. The number of hydrogen-bond donors (Lipinski definition) is 1. The van der Waals surface area contributed by atoms with Crippen molar-refractivity contribution in [3.8, 4) is 0 Å². The third kappa shape index (κ3) is 3.89. The van der Waals surface area contributed by atoms with Crippen molar-refractivity contribution in [3.63, 3.8) is 0 Å². The van der Waals surface area contributed by atoms with E-state index in [1.807, 2.05) is 0 Å². The number of hydrogen-bond acceptors (Lipinski definition) is 1. The number of halogens is 5. The molecule has 0 aliphatic carbocycles. The van der Waals surface area contributed by atoms with Crippen LogP contribution in [0.3, 0.4) is 0 Å². The highest BCUT2D eigenvalue weighted by atomic mass is 79.9. The lowest BCUT2D eigenvalue weighted by atomic mass is 10.1. The zero-order valence-electron chi connectivity index (χ0n) is 8.39. The van der Waals surface area contributed by atoms with Crippen molar-refractivity contribution in [2.75, 3.05) is 0 Å². The van der Waals surface area contributed by atoms with E-state index < -0.39 is 22.5 Å². The van der Waals surface area contributed by atoms with Gasteiger partial charge in [0, 0.05) is 5.02 Å². The Balaban J connectivity index is 3.03. The van der Waals surface area contributed by atoms with Crippen molar-refractivity contribution >= 4 is 33.4 Å². The second-order valence-corrected chi connectivity index (χ2v) is 4.89. The lowest BCUT2D eigenvalue weighted by Gasteiger charge is -2.11. The van der Waals surface area contributed by atoms with Crippen LogP contribution >= 0.6 is 27.5 Å². The Morgan fingerprint density at radius 1 is 1.47 bits per heavy atom. The number of carbonyl (C=O) groups excluding carboxylic acids is 1. The third-order valence-electron chi connectivity index (χ3n) is 2.08. The molecule has 7 heteroatoms. The standard InChI is InChI=1S/C10H8BrClF3NO/c11-7(9(16)17)4-5-3-6(10(13,14)15)1-2-8(5)12/h1-3,7H,4H2,(H2,16,17). The lowest BCUT2D eigenvalue weighted by molar-refractivity contribution is -0.137. The van der Waals surface area contributed by atoms with E-state index in [2.05, 4.69) is 15.9 Å². The maximum absolute atomic E-state index is 12.4. The van der Waals surface area contributed by atoms with Crippen molar-refractivity contribution in [3.05, 3.63) is 34.3 Å². The summed E-state index contributed by atoms with van der Waals surface area (Å²) in [6, 6.07) is 2.96. The second kappa shape index (κ2) is 5.27. The van der Waals surface area contributed by atoms with E-state index in [1.54, 1.807) is 0 Å². The Morgan fingerprint density at radius 3 is 2.53 bits per heavy atom. The molecule has 1 atom stereocenters. The van der Waals surface area contributed by atoms with E-state index in [9.17, 15) is 18.0 Å². The molecule has 0 aliphatic heterocycles. The quantitative estimate of drug-likeness (QED) is 0.850. The van der Waals surface area contributed by atoms with E-state index in [0.29, 0.717) is 0 Å². The van der Waals surface area contributed by atoms with Crippen LogP contribution in [-0.4, -0.2) is 10.7 Å². The smallest absolute Gasteiger partial charge is 0.369 e. The Hall–Kier alpha value is -0.750. The number of alkyl halides is 4. The number of amides is 1. The second-order valence-electron chi connectivity index (χ2n) is 3.38. The van der Waals surface area contributed by atoms with Crippen molar-refractivity contribution < 1.29 is 18.0 Å². The van der Waals surface area contributed by atoms with Gasteiger partial charge in [-0.05, 0) is 30.2 Å². The van der Waals surface area contributed by atoms with E-state index in [-0.39, 0.29) is 17.0 Å². The van der Waals surface area contributed by atoms with E-state index in [1.165, 1.54) is 0 Å². The van der Waals surface area contributed by atoms with Gasteiger partial charge in [0.25, 0.3) is 0 Å². The summed E-state index contributed by atoms with van der Waals surface area (Å²) in [6.45, 7) is 0. The van der Waals surface area contributed by atoms with Crippen LogP contribution in [0.5, 0.6) is 0 Å². The molecule has 0 saturated carbocycles. The molecule has 0 radical (unpaired) electrons. The van der Waals surface area contributed by atoms with Crippen molar-refractivity contribution in [2.24, 2.45) is 5.73 Å². The van der Waals surface area contributed by atoms with Crippen LogP contribution < -0.4 is 5.73 Å². The van der Waals surface area contributed by atoms with Crippen LogP contribution in [0.4, 0.5) is 13.2 Å². The average Bonchev–Trinajstić information content (AvgIpc) is 2.19. The predicted molar refractivity (Wildman–Crippen MR) is 62.1 cm³/mol. The first-order valence-corrected chi connectivity index (χ1v) is 5.80. The molecule has 0 bridgehead atoms. The first-order chi connectivity index (χ1) is 7.71. The van der Waals surface area contributed by atoms with Gasteiger partial charge in [0.1, 0.15) is 0 Å². The molecule has 1 unspecified atom stereocenters. The fraction of sp³-hybridized carbons (Fsp3) is 0.300. The van der Waals surface area contributed by atoms with Crippen molar-refractivity contribution in [2.45, 2.75) is 17.4 Å². The van der Waals surface area contributed by atoms with E-state index >= 15 is 0 Å². The third-order valence-corrected chi connectivity index (χ3v) is 3.22. The Labute approximate surface area is 109 Å². The summed E-state index contributed by atoms with van der Waals surface area (Å²) >= 11 is 8.73. The molecule has 1 aromatic carbocycles. The molecule has 1 amide bonds. The summed E-state index contributed by atoms with van der Waals surface area (Å²) < 4.78 is 37.3. The Morgan fingerprint density at radius 2 is 2.06 bits per heavy atom. The maximum atomic E-state index is 12.4. The minimum atomic E-state index is -4.44. The average molecular weight is 331 g/mol. The van der Waals surface area contributed by atoms with Gasteiger partial charge in [-0.2, -0.15) is 13.2 Å². The summed E-state index contributed by atoms with van der Waals surface area (Å²) in [5.74, 6) is -0.654. The van der Waals surface area contributed by atoms with Crippen LogP contribution in [0.2, 0.25) is 5.02 Å². The molecule has 2 N–H and O–H groups in total. The monoisotopic (exact) mass is 329 g/mol. The predicted octanol–water partition coefficient (Wildman–Crippen LogP) is 3.15. The highest BCUT2D eigenvalue weighted by Crippen LogP contribution is 2.32. The van der Waals surface area contributed by atoms with E-state index in [4.69, 9.17) is 17.3 Å². The van der Waals surface area contributed by atoms with Gasteiger partial charge in [0.2, 0.25) is 5.91 Å². The normalized spacial score (nSPS) is 13.5. The van der Waals surface area contributed by atoms with Crippen LogP contribution in [0.1, 0.15) is 11.1 Å². The molecule has 0 heterocycles. The number of nitrogens with two attached hydrogens (primary N) is 1. The van der Waals surface area contributed by atoms with Crippen molar-refractivity contribution in [1.82, 2.24) is 0 Å². The molecule has 0 aliphatic rings. The molecular weight excluding hydrogens is 322 g/mol. The maximum Gasteiger partial charge on any atom is 0.416 e. The molecule has 0 aromatic heterocycles. The SMILES string of the molecule is NC(=O)C(Br)Cc1cc(C(F)(F)F)ccc1Cl. The summed E-state index contributed by atoms with van der Waals surface area (Å²) in [4.78, 5) is 10.1. The minimum Gasteiger partial charge on any atom is -0.369 e. The van der Waals surface area contributed by atoms with Crippen LogP contribution in [-0.2, 0) is 17.4 Å². The molecule has 1 rings (SSSR count). The van der Waals surface area contributed by atoms with Gasteiger partial charge < -0.3 is 5.73 Å². The lowest BCUT2D eigenvalue weighted by Crippen LogP contribution is -2.25. The molecule has 0 fully saturated rings. The first-order valence-electron chi connectivity index (χ1n) is 4.51. The first kappa shape index (κ1) is 14.3. The van der Waals surface area contributed by atoms with Crippen LogP contribution in [0, 0.1) is 0 Å².